The monoisotopic (exact) mass is 477 g/mol. The van der Waals surface area contributed by atoms with E-state index in [1.807, 2.05) is 34.6 Å². The van der Waals surface area contributed by atoms with Gasteiger partial charge in [-0.05, 0) is 80.6 Å². The van der Waals surface area contributed by atoms with E-state index in [1.54, 1.807) is 0 Å². The maximum atomic E-state index is 14.4. The maximum Gasteiger partial charge on any atom is 0.341 e. The molecule has 1 saturated heterocycles. The predicted molar refractivity (Wildman–Crippen MR) is 121 cm³/mol. The summed E-state index contributed by atoms with van der Waals surface area (Å²) in [6.07, 6.45) is 0. The molecule has 0 amide bonds. The van der Waals surface area contributed by atoms with Gasteiger partial charge < -0.3 is 9.47 Å². The lowest BCUT2D eigenvalue weighted by Gasteiger charge is -2.26. The first-order chi connectivity index (χ1) is 15.5. The molecule has 0 unspecified atom stereocenters. The van der Waals surface area contributed by atoms with Crippen LogP contribution in [0.1, 0.15) is 48.5 Å². The average Bonchev–Trinajstić information content (AvgIpc) is 2.80. The Morgan fingerprint density at radius 3 is 2.09 bits per heavy atom. The summed E-state index contributed by atoms with van der Waals surface area (Å²) in [5.41, 5.74) is 4.62. The van der Waals surface area contributed by atoms with Crippen LogP contribution in [0, 0.1) is 40.4 Å². The zero-order valence-corrected chi connectivity index (χ0v) is 20.3. The Morgan fingerprint density at radius 2 is 1.52 bits per heavy atom. The highest BCUT2D eigenvalue weighted by molar-refractivity contribution is 7.89. The van der Waals surface area contributed by atoms with E-state index in [-0.39, 0.29) is 31.2 Å². The number of carbonyl (C=O) groups excluding carboxylic acids is 2. The molecule has 9 heteroatoms. The Labute approximate surface area is 193 Å². The molecule has 33 heavy (non-hydrogen) atoms. The van der Waals surface area contributed by atoms with Gasteiger partial charge in [0.15, 0.2) is 6.61 Å². The number of ketones is 1. The molecule has 0 spiro atoms. The van der Waals surface area contributed by atoms with Crippen LogP contribution in [0.5, 0.6) is 0 Å². The van der Waals surface area contributed by atoms with E-state index in [0.717, 1.165) is 46.0 Å². The minimum absolute atomic E-state index is 0.169. The van der Waals surface area contributed by atoms with Gasteiger partial charge >= 0.3 is 5.97 Å². The zero-order chi connectivity index (χ0) is 24.5. The number of esters is 1. The highest BCUT2D eigenvalue weighted by Gasteiger charge is 2.28. The number of Topliss-reactive ketones (excluding diaryl/α,β-unsaturated/α-hetero) is 1. The van der Waals surface area contributed by atoms with E-state index < -0.39 is 39.8 Å². The second-order valence-corrected chi connectivity index (χ2v) is 10.1. The molecule has 0 saturated carbocycles. The molecule has 3 rings (SSSR count). The quantitative estimate of drug-likeness (QED) is 0.468. The first-order valence-corrected chi connectivity index (χ1v) is 12.1. The van der Waals surface area contributed by atoms with Crippen LogP contribution in [-0.2, 0) is 19.5 Å². The minimum atomic E-state index is -3.92. The van der Waals surface area contributed by atoms with Crippen LogP contribution >= 0.6 is 0 Å². The molecular formula is C24H28FNO6S. The molecule has 7 nitrogen and oxygen atoms in total. The second-order valence-electron chi connectivity index (χ2n) is 8.16. The van der Waals surface area contributed by atoms with E-state index >= 15 is 0 Å². The normalized spacial score (nSPS) is 14.8. The van der Waals surface area contributed by atoms with Crippen LogP contribution in [0.15, 0.2) is 23.1 Å². The first-order valence-electron chi connectivity index (χ1n) is 10.6. The molecule has 2 aromatic rings. The van der Waals surface area contributed by atoms with Crippen LogP contribution in [0.4, 0.5) is 4.39 Å². The maximum absolute atomic E-state index is 14.4. The molecule has 1 heterocycles. The average molecular weight is 478 g/mol. The van der Waals surface area contributed by atoms with Crippen molar-refractivity contribution in [1.29, 1.82) is 0 Å². The Balaban J connectivity index is 1.82. The van der Waals surface area contributed by atoms with Gasteiger partial charge in [-0.1, -0.05) is 0 Å². The third kappa shape index (κ3) is 4.85. The molecule has 0 aromatic heterocycles. The lowest BCUT2D eigenvalue weighted by Crippen LogP contribution is -2.40. The molecule has 0 N–H and O–H groups in total. The van der Waals surface area contributed by atoms with Crippen molar-refractivity contribution in [3.8, 4) is 0 Å². The molecule has 0 atom stereocenters. The third-order valence-electron chi connectivity index (χ3n) is 6.38. The lowest BCUT2D eigenvalue weighted by atomic mass is 9.88. The number of nitrogens with zero attached hydrogens (tertiary/aromatic N) is 1. The summed E-state index contributed by atoms with van der Waals surface area (Å²) in [4.78, 5) is 25.2. The topological polar surface area (TPSA) is 90.0 Å². The van der Waals surface area contributed by atoms with Crippen LogP contribution in [0.2, 0.25) is 0 Å². The molecule has 0 aliphatic carbocycles. The molecule has 178 valence electrons. The van der Waals surface area contributed by atoms with Gasteiger partial charge in [-0.15, -0.1) is 0 Å². The van der Waals surface area contributed by atoms with E-state index in [9.17, 15) is 22.4 Å². The molecule has 1 aliphatic heterocycles. The van der Waals surface area contributed by atoms with Crippen molar-refractivity contribution in [3.05, 3.63) is 63.0 Å². The highest BCUT2D eigenvalue weighted by Crippen LogP contribution is 2.27. The van der Waals surface area contributed by atoms with Gasteiger partial charge in [-0.3, -0.25) is 4.79 Å². The summed E-state index contributed by atoms with van der Waals surface area (Å²) >= 11 is 0. The van der Waals surface area contributed by atoms with E-state index in [1.165, 1.54) is 4.31 Å². The smallest absolute Gasteiger partial charge is 0.341 e. The number of ether oxygens (including phenoxy) is 2. The van der Waals surface area contributed by atoms with Gasteiger partial charge in [0.05, 0.1) is 23.7 Å². The Bertz CT molecular complexity index is 1190. The van der Waals surface area contributed by atoms with Crippen molar-refractivity contribution in [1.82, 2.24) is 4.31 Å². The third-order valence-corrected chi connectivity index (χ3v) is 8.27. The van der Waals surface area contributed by atoms with E-state index in [4.69, 9.17) is 9.47 Å². The zero-order valence-electron chi connectivity index (χ0n) is 19.5. The molecule has 2 aromatic carbocycles. The van der Waals surface area contributed by atoms with E-state index in [2.05, 4.69) is 0 Å². The van der Waals surface area contributed by atoms with E-state index in [0.29, 0.717) is 5.56 Å². The van der Waals surface area contributed by atoms with Gasteiger partial charge in [0, 0.05) is 18.7 Å². The molecular weight excluding hydrogens is 449 g/mol. The number of sulfonamides is 1. The summed E-state index contributed by atoms with van der Waals surface area (Å²) in [5.74, 6) is -2.43. The molecule has 0 bridgehead atoms. The predicted octanol–water partition coefficient (Wildman–Crippen LogP) is 3.43. The summed E-state index contributed by atoms with van der Waals surface area (Å²) in [7, 11) is -3.92. The SMILES string of the molecule is Cc1c(C)c(C)c(C(=O)COC(=O)c2cc(S(=O)(=O)N3CCOCC3)ccc2F)c(C)c1C. The fourth-order valence-corrected chi connectivity index (χ4v) is 5.39. The number of benzene rings is 2. The summed E-state index contributed by atoms with van der Waals surface area (Å²) in [6, 6.07) is 2.96. The van der Waals surface area contributed by atoms with Crippen molar-refractivity contribution in [2.45, 2.75) is 39.5 Å². The van der Waals surface area contributed by atoms with Gasteiger partial charge in [-0.25, -0.2) is 17.6 Å². The summed E-state index contributed by atoms with van der Waals surface area (Å²) in [6.45, 7) is 9.78. The fraction of sp³-hybridized carbons (Fsp3) is 0.417. The van der Waals surface area contributed by atoms with Crippen LogP contribution in [-0.4, -0.2) is 57.4 Å². The van der Waals surface area contributed by atoms with Gasteiger partial charge in [-0.2, -0.15) is 4.31 Å². The van der Waals surface area contributed by atoms with Gasteiger partial charge in [0.1, 0.15) is 5.82 Å². The molecule has 0 radical (unpaired) electrons. The number of halogens is 1. The second kappa shape index (κ2) is 9.70. The van der Waals surface area contributed by atoms with Crippen LogP contribution in [0.25, 0.3) is 0 Å². The van der Waals surface area contributed by atoms with Crippen molar-refractivity contribution in [2.24, 2.45) is 0 Å². The standard InChI is InChI=1S/C24H28FNO6S/c1-14-15(2)17(4)23(18(5)16(14)3)22(27)13-32-24(28)20-12-19(6-7-21(20)25)33(29,30)26-8-10-31-11-9-26/h6-7,12H,8-11,13H2,1-5H3. The number of rotatable bonds is 6. The van der Waals surface area contributed by atoms with Crippen molar-refractivity contribution >= 4 is 21.8 Å². The summed E-state index contributed by atoms with van der Waals surface area (Å²) in [5, 5.41) is 0. The Kier molecular flexibility index (Phi) is 7.36. The van der Waals surface area contributed by atoms with Crippen LogP contribution < -0.4 is 0 Å². The number of morpholine rings is 1. The summed E-state index contributed by atoms with van der Waals surface area (Å²) < 4.78 is 51.5. The lowest BCUT2D eigenvalue weighted by molar-refractivity contribution is 0.0469. The van der Waals surface area contributed by atoms with Crippen molar-refractivity contribution < 1.29 is 31.9 Å². The molecule has 1 fully saturated rings. The van der Waals surface area contributed by atoms with Crippen LogP contribution in [0.3, 0.4) is 0 Å². The van der Waals surface area contributed by atoms with Crippen molar-refractivity contribution in [2.75, 3.05) is 32.9 Å². The van der Waals surface area contributed by atoms with Crippen molar-refractivity contribution in [3.63, 3.8) is 0 Å². The first kappa shape index (κ1) is 25.0. The molecule has 1 aliphatic rings. The number of hydrogen-bond acceptors (Lipinski definition) is 6. The minimum Gasteiger partial charge on any atom is -0.454 e. The Morgan fingerprint density at radius 1 is 0.970 bits per heavy atom. The largest absolute Gasteiger partial charge is 0.454 e. The Hall–Kier alpha value is -2.62. The highest BCUT2D eigenvalue weighted by atomic mass is 32.2. The van der Waals surface area contributed by atoms with Gasteiger partial charge in [0.2, 0.25) is 15.8 Å². The number of hydrogen-bond donors (Lipinski definition) is 0. The fourth-order valence-electron chi connectivity index (χ4n) is 3.96. The van der Waals surface area contributed by atoms with Gasteiger partial charge in [0.25, 0.3) is 0 Å². The number of carbonyl (C=O) groups is 2.